The Morgan fingerprint density at radius 2 is 1.53 bits per heavy atom. The maximum atomic E-state index is 11.1. The molecule has 0 aromatic heterocycles. The molecule has 1 aliphatic rings. The summed E-state index contributed by atoms with van der Waals surface area (Å²) in [5.41, 5.74) is 5.18. The van der Waals surface area contributed by atoms with Crippen molar-refractivity contribution in [2.45, 2.75) is 17.1 Å². The normalized spacial score (nSPS) is 15.1. The minimum atomic E-state index is -0.409. The molecule has 1 N–H and O–H groups in total. The number of nitro benzene ring substituents is 1. The van der Waals surface area contributed by atoms with E-state index >= 15 is 0 Å². The van der Waals surface area contributed by atoms with E-state index in [1.54, 1.807) is 23.9 Å². The molecule has 1 heterocycles. The number of rotatable bonds is 5. The number of ether oxygens (including phenoxy) is 1. The summed E-state index contributed by atoms with van der Waals surface area (Å²) in [5.74, 6) is 1.28. The number of thioether (sulfide) groups is 1. The number of anilines is 1. The summed E-state index contributed by atoms with van der Waals surface area (Å²) in [4.78, 5) is 11.8. The molecule has 0 spiro atoms. The van der Waals surface area contributed by atoms with Crippen LogP contribution in [0.4, 0.5) is 11.4 Å². The highest BCUT2D eigenvalue weighted by Crippen LogP contribution is 2.49. The second-order valence-corrected chi connectivity index (χ2v) is 9.14. The number of benzene rings is 4. The maximum Gasteiger partial charge on any atom is 0.269 e. The van der Waals surface area contributed by atoms with Gasteiger partial charge >= 0.3 is 0 Å². The van der Waals surface area contributed by atoms with E-state index in [4.69, 9.17) is 4.74 Å². The number of nitro groups is 1. The van der Waals surface area contributed by atoms with Crippen molar-refractivity contribution in [1.29, 1.82) is 0 Å². The Balaban J connectivity index is 1.69. The van der Waals surface area contributed by atoms with E-state index in [1.165, 1.54) is 17.7 Å². The van der Waals surface area contributed by atoms with E-state index in [0.29, 0.717) is 5.75 Å². The molecule has 5 nitrogen and oxygen atoms in total. The molecule has 0 radical (unpaired) electrons. The summed E-state index contributed by atoms with van der Waals surface area (Å²) in [6.45, 7) is 2.06. The molecule has 1 atom stereocenters. The summed E-state index contributed by atoms with van der Waals surface area (Å²) < 4.78 is 6.54. The van der Waals surface area contributed by atoms with Crippen LogP contribution in [0.5, 0.6) is 5.75 Å². The highest BCUT2D eigenvalue weighted by molar-refractivity contribution is 8.00. The lowest BCUT2D eigenvalue weighted by atomic mass is 10.0. The quantitative estimate of drug-likeness (QED) is 0.242. The highest BCUT2D eigenvalue weighted by Gasteiger charge is 2.29. The largest absolute Gasteiger partial charge is 0.458 e. The minimum Gasteiger partial charge on any atom is -0.458 e. The van der Waals surface area contributed by atoms with Gasteiger partial charge < -0.3 is 10.1 Å². The number of hydrogen-bond acceptors (Lipinski definition) is 5. The number of para-hydroxylation sites is 1. The Bertz CT molecular complexity index is 1350. The number of hydrogen-bond donors (Lipinski definition) is 1. The Labute approximate surface area is 202 Å². The summed E-state index contributed by atoms with van der Waals surface area (Å²) in [6.07, 6.45) is 0. The molecule has 4 aromatic rings. The van der Waals surface area contributed by atoms with Gasteiger partial charge in [0.15, 0.2) is 0 Å². The van der Waals surface area contributed by atoms with Crippen LogP contribution >= 0.6 is 11.8 Å². The van der Waals surface area contributed by atoms with Gasteiger partial charge in [0.2, 0.25) is 0 Å². The van der Waals surface area contributed by atoms with Crippen LogP contribution in [0.25, 0.3) is 5.70 Å². The molecule has 0 saturated heterocycles. The zero-order valence-electron chi connectivity index (χ0n) is 18.5. The molecule has 168 valence electrons. The van der Waals surface area contributed by atoms with Crippen molar-refractivity contribution >= 4 is 28.8 Å². The van der Waals surface area contributed by atoms with Crippen LogP contribution < -0.4 is 10.1 Å². The molecule has 0 bridgehead atoms. The van der Waals surface area contributed by atoms with Crippen LogP contribution in [0.3, 0.4) is 0 Å². The Morgan fingerprint density at radius 1 is 0.853 bits per heavy atom. The van der Waals surface area contributed by atoms with Crippen molar-refractivity contribution in [3.05, 3.63) is 136 Å². The van der Waals surface area contributed by atoms with Crippen molar-refractivity contribution in [2.75, 3.05) is 5.32 Å². The molecular weight excluding hydrogens is 444 g/mol. The first-order chi connectivity index (χ1) is 16.6. The third-order valence-electron chi connectivity index (χ3n) is 5.59. The van der Waals surface area contributed by atoms with Crippen LogP contribution in [-0.4, -0.2) is 4.92 Å². The first kappa shape index (κ1) is 21.8. The first-order valence-corrected chi connectivity index (χ1v) is 11.8. The van der Waals surface area contributed by atoms with Gasteiger partial charge in [-0.05, 0) is 36.8 Å². The molecular formula is C28H22N2O3S. The average molecular weight is 467 g/mol. The predicted molar refractivity (Wildman–Crippen MR) is 137 cm³/mol. The lowest BCUT2D eigenvalue weighted by molar-refractivity contribution is -0.384. The minimum absolute atomic E-state index is 0.0282. The summed E-state index contributed by atoms with van der Waals surface area (Å²) in [7, 11) is 0. The molecule has 0 saturated carbocycles. The fourth-order valence-electron chi connectivity index (χ4n) is 3.83. The summed E-state index contributed by atoms with van der Waals surface area (Å²) in [6, 6.07) is 33.0. The SMILES string of the molecule is Cc1ccc(C2=C(Oc3ccc([N+](=O)[O-])cc3)C(c3ccccc3)Sc3ccccc3N2)cc1. The molecule has 0 aliphatic carbocycles. The van der Waals surface area contributed by atoms with E-state index in [2.05, 4.69) is 60.8 Å². The van der Waals surface area contributed by atoms with Gasteiger partial charge in [-0.15, -0.1) is 11.8 Å². The van der Waals surface area contributed by atoms with E-state index < -0.39 is 4.92 Å². The van der Waals surface area contributed by atoms with Gasteiger partial charge in [0.05, 0.1) is 21.6 Å². The topological polar surface area (TPSA) is 64.4 Å². The van der Waals surface area contributed by atoms with Crippen molar-refractivity contribution in [1.82, 2.24) is 0 Å². The van der Waals surface area contributed by atoms with Gasteiger partial charge in [-0.25, -0.2) is 0 Å². The highest BCUT2D eigenvalue weighted by atomic mass is 32.2. The number of aryl methyl sites for hydroxylation is 1. The van der Waals surface area contributed by atoms with Crippen LogP contribution in [0, 0.1) is 17.0 Å². The number of nitrogens with zero attached hydrogens (tertiary/aromatic N) is 1. The molecule has 0 fully saturated rings. The Kier molecular flexibility index (Phi) is 6.06. The Morgan fingerprint density at radius 3 is 2.24 bits per heavy atom. The third kappa shape index (κ3) is 4.54. The molecule has 4 aromatic carbocycles. The van der Waals surface area contributed by atoms with Gasteiger partial charge in [-0.3, -0.25) is 10.1 Å². The number of fused-ring (bicyclic) bond motifs is 1. The predicted octanol–water partition coefficient (Wildman–Crippen LogP) is 7.61. The number of nitrogens with one attached hydrogen (secondary N) is 1. The lowest BCUT2D eigenvalue weighted by Crippen LogP contribution is -2.11. The van der Waals surface area contributed by atoms with E-state index in [-0.39, 0.29) is 10.9 Å². The zero-order chi connectivity index (χ0) is 23.5. The van der Waals surface area contributed by atoms with Crippen molar-refractivity contribution < 1.29 is 9.66 Å². The van der Waals surface area contributed by atoms with E-state index in [1.807, 2.05) is 30.3 Å². The standard InChI is InChI=1S/C28H22N2O3S/c1-19-11-13-20(14-12-19)26-27(33-23-17-15-22(16-18-23)30(31)32)28(21-7-3-2-4-8-21)34-25-10-6-5-9-24(25)29-26/h2-18,28-29H,1H3. The van der Waals surface area contributed by atoms with Crippen molar-refractivity contribution in [2.24, 2.45) is 0 Å². The first-order valence-electron chi connectivity index (χ1n) is 10.9. The van der Waals surface area contributed by atoms with Crippen LogP contribution in [0.15, 0.2) is 114 Å². The second-order valence-electron chi connectivity index (χ2n) is 7.99. The summed E-state index contributed by atoms with van der Waals surface area (Å²) >= 11 is 1.71. The van der Waals surface area contributed by atoms with E-state index in [9.17, 15) is 10.1 Å². The van der Waals surface area contributed by atoms with Crippen molar-refractivity contribution in [3.63, 3.8) is 0 Å². The van der Waals surface area contributed by atoms with Gasteiger partial charge in [0.1, 0.15) is 11.5 Å². The van der Waals surface area contributed by atoms with Crippen LogP contribution in [0.1, 0.15) is 21.9 Å². The van der Waals surface area contributed by atoms with Gasteiger partial charge in [-0.2, -0.15) is 0 Å². The molecule has 1 aliphatic heterocycles. The molecule has 0 amide bonds. The summed E-state index contributed by atoms with van der Waals surface area (Å²) in [5, 5.41) is 14.6. The molecule has 1 unspecified atom stereocenters. The lowest BCUT2D eigenvalue weighted by Gasteiger charge is -2.22. The fraction of sp³-hybridized carbons (Fsp3) is 0.0714. The smallest absolute Gasteiger partial charge is 0.269 e. The zero-order valence-corrected chi connectivity index (χ0v) is 19.3. The molecule has 34 heavy (non-hydrogen) atoms. The number of non-ortho nitro benzene ring substituents is 1. The Hall–Kier alpha value is -4.03. The van der Waals surface area contributed by atoms with Gasteiger partial charge in [-0.1, -0.05) is 72.3 Å². The average Bonchev–Trinajstić information content (AvgIpc) is 3.03. The van der Waals surface area contributed by atoms with Gasteiger partial charge in [0, 0.05) is 22.6 Å². The fourth-order valence-corrected chi connectivity index (χ4v) is 5.05. The second kappa shape index (κ2) is 9.45. The molecule has 5 rings (SSSR count). The van der Waals surface area contributed by atoms with Gasteiger partial charge in [0.25, 0.3) is 5.69 Å². The van der Waals surface area contributed by atoms with E-state index in [0.717, 1.165) is 33.2 Å². The monoisotopic (exact) mass is 466 g/mol. The molecule has 6 heteroatoms. The maximum absolute atomic E-state index is 11.1. The van der Waals surface area contributed by atoms with Crippen molar-refractivity contribution in [3.8, 4) is 5.75 Å². The van der Waals surface area contributed by atoms with Crippen LogP contribution in [-0.2, 0) is 0 Å². The van der Waals surface area contributed by atoms with Crippen LogP contribution in [0.2, 0.25) is 0 Å². The third-order valence-corrected chi connectivity index (χ3v) is 6.93.